The third kappa shape index (κ3) is 4.30. The van der Waals surface area contributed by atoms with Crippen molar-refractivity contribution in [1.82, 2.24) is 4.98 Å². The number of benzene rings is 1. The number of nitrogens with one attached hydrogen (secondary N) is 2. The lowest BCUT2D eigenvalue weighted by atomic mass is 10.3. The van der Waals surface area contributed by atoms with Crippen LogP contribution in [0.2, 0.25) is 0 Å². The van der Waals surface area contributed by atoms with Gasteiger partial charge in [0.15, 0.2) is 0 Å². The van der Waals surface area contributed by atoms with Crippen LogP contribution in [0.4, 0.5) is 11.5 Å². The highest BCUT2D eigenvalue weighted by Crippen LogP contribution is 2.19. The molecule has 3 aromatic rings. The van der Waals surface area contributed by atoms with Gasteiger partial charge in [0, 0.05) is 0 Å². The Bertz CT molecular complexity index is 906. The van der Waals surface area contributed by atoms with Gasteiger partial charge in [0.2, 0.25) is 0 Å². The Morgan fingerprint density at radius 2 is 1.92 bits per heavy atom. The molecule has 0 amide bonds. The Balaban J connectivity index is 1.65. The molecule has 0 aliphatic heterocycles. The average molecular weight is 359 g/mol. The molecule has 7 nitrogen and oxygen atoms in total. The number of hydrogen-bond acceptors (Lipinski definition) is 6. The Morgan fingerprint density at radius 3 is 2.52 bits per heavy atom. The van der Waals surface area contributed by atoms with Crippen LogP contribution in [0.25, 0.3) is 0 Å². The fraction of sp³-hybridized carbons (Fsp3) is 0.118. The minimum atomic E-state index is -3.68. The molecule has 130 valence electrons. The van der Waals surface area contributed by atoms with Crippen molar-refractivity contribution < 1.29 is 17.6 Å². The molecule has 0 radical (unpaired) electrons. The molecule has 0 saturated heterocycles. The maximum absolute atomic E-state index is 12.4. The Kier molecular flexibility index (Phi) is 4.90. The standard InChI is InChI=1S/C17H17N3O4S/c1-23-14-5-7-16(8-6-14)25(21,22)20-13-4-9-17(18-11-13)19-12-15-3-2-10-24-15/h2-11,20H,12H2,1H3,(H,18,19). The van der Waals surface area contributed by atoms with Gasteiger partial charge in [0.1, 0.15) is 17.3 Å². The van der Waals surface area contributed by atoms with Crippen molar-refractivity contribution in [3.05, 3.63) is 66.8 Å². The van der Waals surface area contributed by atoms with Gasteiger partial charge in [-0.1, -0.05) is 0 Å². The Labute approximate surface area is 145 Å². The monoisotopic (exact) mass is 359 g/mol. The molecule has 0 aliphatic rings. The van der Waals surface area contributed by atoms with E-state index >= 15 is 0 Å². The summed E-state index contributed by atoms with van der Waals surface area (Å²) in [5.41, 5.74) is 0.374. The van der Waals surface area contributed by atoms with E-state index < -0.39 is 10.0 Å². The van der Waals surface area contributed by atoms with Gasteiger partial charge in [0.05, 0.1) is 36.7 Å². The second kappa shape index (κ2) is 7.27. The van der Waals surface area contributed by atoms with Crippen molar-refractivity contribution in [2.75, 3.05) is 17.1 Å². The van der Waals surface area contributed by atoms with E-state index in [0.29, 0.717) is 23.8 Å². The number of methoxy groups -OCH3 is 1. The van der Waals surface area contributed by atoms with Crippen LogP contribution in [0.3, 0.4) is 0 Å². The van der Waals surface area contributed by atoms with Gasteiger partial charge in [-0.05, 0) is 48.5 Å². The van der Waals surface area contributed by atoms with Crippen molar-refractivity contribution in [3.8, 4) is 5.75 Å². The minimum absolute atomic E-state index is 0.147. The minimum Gasteiger partial charge on any atom is -0.497 e. The van der Waals surface area contributed by atoms with Crippen LogP contribution in [-0.2, 0) is 16.6 Å². The summed E-state index contributed by atoms with van der Waals surface area (Å²) in [4.78, 5) is 4.33. The van der Waals surface area contributed by atoms with Gasteiger partial charge < -0.3 is 14.5 Å². The highest BCUT2D eigenvalue weighted by molar-refractivity contribution is 7.92. The number of furan rings is 1. The maximum Gasteiger partial charge on any atom is 0.261 e. The molecule has 0 bridgehead atoms. The number of anilines is 2. The van der Waals surface area contributed by atoms with E-state index in [9.17, 15) is 8.42 Å². The number of nitrogens with zero attached hydrogens (tertiary/aromatic N) is 1. The zero-order valence-corrected chi connectivity index (χ0v) is 14.3. The maximum atomic E-state index is 12.4. The quantitative estimate of drug-likeness (QED) is 0.673. The lowest BCUT2D eigenvalue weighted by Gasteiger charge is -2.09. The first-order chi connectivity index (χ1) is 12.1. The fourth-order valence-electron chi connectivity index (χ4n) is 2.12. The van der Waals surface area contributed by atoms with Crippen molar-refractivity contribution in [3.63, 3.8) is 0 Å². The van der Waals surface area contributed by atoms with Crippen LogP contribution in [0.15, 0.2) is 70.3 Å². The van der Waals surface area contributed by atoms with Gasteiger partial charge in [-0.25, -0.2) is 13.4 Å². The van der Waals surface area contributed by atoms with E-state index in [1.165, 1.54) is 25.4 Å². The summed E-state index contributed by atoms with van der Waals surface area (Å²) in [6.07, 6.45) is 3.05. The molecule has 2 heterocycles. The summed E-state index contributed by atoms with van der Waals surface area (Å²) in [5, 5.41) is 3.09. The molecule has 0 aliphatic carbocycles. The molecule has 3 rings (SSSR count). The summed E-state index contributed by atoms with van der Waals surface area (Å²) >= 11 is 0. The van der Waals surface area contributed by atoms with Crippen LogP contribution in [-0.4, -0.2) is 20.5 Å². The number of sulfonamides is 1. The van der Waals surface area contributed by atoms with Crippen molar-refractivity contribution in [2.45, 2.75) is 11.4 Å². The number of pyridine rings is 1. The molecule has 2 aromatic heterocycles. The topological polar surface area (TPSA) is 93.5 Å². The van der Waals surface area contributed by atoms with Gasteiger partial charge in [0.25, 0.3) is 10.0 Å². The summed E-state index contributed by atoms with van der Waals surface area (Å²) in [5.74, 6) is 1.99. The predicted octanol–water partition coefficient (Wildman–Crippen LogP) is 3.10. The zero-order chi connectivity index (χ0) is 17.7. The van der Waals surface area contributed by atoms with Crippen LogP contribution >= 0.6 is 0 Å². The van der Waals surface area contributed by atoms with Crippen LogP contribution in [0, 0.1) is 0 Å². The predicted molar refractivity (Wildman–Crippen MR) is 94.1 cm³/mol. The SMILES string of the molecule is COc1ccc(S(=O)(=O)Nc2ccc(NCc3ccco3)nc2)cc1. The van der Waals surface area contributed by atoms with Crippen molar-refractivity contribution >= 4 is 21.5 Å². The van der Waals surface area contributed by atoms with Gasteiger partial charge in [-0.3, -0.25) is 4.72 Å². The number of aromatic nitrogens is 1. The Hall–Kier alpha value is -3.00. The molecule has 0 spiro atoms. The van der Waals surface area contributed by atoms with Crippen LogP contribution in [0.1, 0.15) is 5.76 Å². The van der Waals surface area contributed by atoms with Crippen molar-refractivity contribution in [2.24, 2.45) is 0 Å². The van der Waals surface area contributed by atoms with E-state index in [4.69, 9.17) is 9.15 Å². The third-order valence-electron chi connectivity index (χ3n) is 3.41. The first-order valence-corrected chi connectivity index (χ1v) is 8.94. The lowest BCUT2D eigenvalue weighted by Crippen LogP contribution is -2.13. The normalized spacial score (nSPS) is 11.1. The highest BCUT2D eigenvalue weighted by atomic mass is 32.2. The molecule has 1 aromatic carbocycles. The van der Waals surface area contributed by atoms with E-state index in [1.54, 1.807) is 30.5 Å². The molecule has 2 N–H and O–H groups in total. The first-order valence-electron chi connectivity index (χ1n) is 7.46. The summed E-state index contributed by atoms with van der Waals surface area (Å²) in [6.45, 7) is 0.497. The summed E-state index contributed by atoms with van der Waals surface area (Å²) in [7, 11) is -2.16. The molecular weight excluding hydrogens is 342 g/mol. The van der Waals surface area contributed by atoms with Crippen LogP contribution in [0.5, 0.6) is 5.75 Å². The summed E-state index contributed by atoms with van der Waals surface area (Å²) < 4.78 is 37.5. The van der Waals surface area contributed by atoms with E-state index in [1.807, 2.05) is 12.1 Å². The largest absolute Gasteiger partial charge is 0.497 e. The zero-order valence-electron chi connectivity index (χ0n) is 13.5. The van der Waals surface area contributed by atoms with Gasteiger partial charge in [-0.2, -0.15) is 0 Å². The molecular formula is C17H17N3O4S. The fourth-order valence-corrected chi connectivity index (χ4v) is 3.16. The molecule has 0 atom stereocenters. The van der Waals surface area contributed by atoms with Crippen LogP contribution < -0.4 is 14.8 Å². The third-order valence-corrected chi connectivity index (χ3v) is 4.81. The van der Waals surface area contributed by atoms with E-state index in [-0.39, 0.29) is 4.90 Å². The van der Waals surface area contributed by atoms with Gasteiger partial charge in [-0.15, -0.1) is 0 Å². The summed E-state index contributed by atoms with van der Waals surface area (Å²) in [6, 6.07) is 13.1. The Morgan fingerprint density at radius 1 is 1.12 bits per heavy atom. The second-order valence-electron chi connectivity index (χ2n) is 5.15. The lowest BCUT2D eigenvalue weighted by molar-refractivity contribution is 0.414. The molecule has 0 saturated carbocycles. The molecule has 0 fully saturated rings. The van der Waals surface area contributed by atoms with E-state index in [2.05, 4.69) is 15.0 Å². The van der Waals surface area contributed by atoms with E-state index in [0.717, 1.165) is 5.76 Å². The van der Waals surface area contributed by atoms with Gasteiger partial charge >= 0.3 is 0 Å². The molecule has 25 heavy (non-hydrogen) atoms. The second-order valence-corrected chi connectivity index (χ2v) is 6.83. The molecule has 0 unspecified atom stereocenters. The first kappa shape index (κ1) is 16.8. The van der Waals surface area contributed by atoms with Crippen molar-refractivity contribution in [1.29, 1.82) is 0 Å². The number of ether oxygens (including phenoxy) is 1. The number of rotatable bonds is 7. The molecule has 8 heteroatoms. The number of hydrogen-bond donors (Lipinski definition) is 2. The average Bonchev–Trinajstić information content (AvgIpc) is 3.14. The highest BCUT2D eigenvalue weighted by Gasteiger charge is 2.14. The smallest absolute Gasteiger partial charge is 0.261 e.